The monoisotopic (exact) mass is 226 g/mol. The quantitative estimate of drug-likeness (QED) is 0.801. The summed E-state index contributed by atoms with van der Waals surface area (Å²) in [6.45, 7) is -2.79. The Kier molecular flexibility index (Phi) is 2.91. The van der Waals surface area contributed by atoms with E-state index in [-0.39, 0.29) is 5.75 Å². The SMILES string of the molecule is FC(F)Oc1ccc(-c2cs[c]n2)cc1. The molecule has 0 aliphatic heterocycles. The fourth-order valence-corrected chi connectivity index (χ4v) is 1.63. The third-order valence-electron chi connectivity index (χ3n) is 1.76. The first-order chi connectivity index (χ1) is 7.25. The van der Waals surface area contributed by atoms with E-state index in [0.29, 0.717) is 0 Å². The first-order valence-corrected chi connectivity index (χ1v) is 5.00. The zero-order valence-corrected chi connectivity index (χ0v) is 8.30. The second-order valence-corrected chi connectivity index (χ2v) is 3.38. The van der Waals surface area contributed by atoms with Crippen molar-refractivity contribution in [3.05, 3.63) is 35.2 Å². The molecule has 1 aromatic carbocycles. The molecule has 1 aromatic heterocycles. The molecule has 0 unspecified atom stereocenters. The van der Waals surface area contributed by atoms with Crippen LogP contribution in [0.15, 0.2) is 29.6 Å². The van der Waals surface area contributed by atoms with E-state index in [1.54, 1.807) is 12.1 Å². The Morgan fingerprint density at radius 1 is 1.27 bits per heavy atom. The number of nitrogens with zero attached hydrogens (tertiary/aromatic N) is 1. The maximum absolute atomic E-state index is 11.9. The molecule has 77 valence electrons. The molecule has 0 spiro atoms. The summed E-state index contributed by atoms with van der Waals surface area (Å²) in [6, 6.07) is 6.34. The van der Waals surface area contributed by atoms with E-state index in [1.807, 2.05) is 5.38 Å². The summed E-state index contributed by atoms with van der Waals surface area (Å²) in [4.78, 5) is 3.98. The molecule has 2 rings (SSSR count). The van der Waals surface area contributed by atoms with Gasteiger partial charge in [0.1, 0.15) is 5.75 Å². The van der Waals surface area contributed by atoms with Gasteiger partial charge in [-0.3, -0.25) is 0 Å². The van der Waals surface area contributed by atoms with Gasteiger partial charge in [0.25, 0.3) is 0 Å². The minimum absolute atomic E-state index is 0.146. The van der Waals surface area contributed by atoms with Gasteiger partial charge in [0, 0.05) is 10.9 Å². The van der Waals surface area contributed by atoms with Crippen molar-refractivity contribution in [2.24, 2.45) is 0 Å². The Bertz CT molecular complexity index is 413. The molecule has 15 heavy (non-hydrogen) atoms. The Labute approximate surface area is 89.2 Å². The minimum atomic E-state index is -2.79. The number of thiazole rings is 1. The normalized spacial score (nSPS) is 10.6. The molecule has 0 N–H and O–H groups in total. The molecule has 1 radical (unpaired) electrons. The lowest BCUT2D eigenvalue weighted by Gasteiger charge is -2.04. The largest absolute Gasteiger partial charge is 0.435 e. The molecule has 0 saturated heterocycles. The molecular weight excluding hydrogens is 220 g/mol. The van der Waals surface area contributed by atoms with Gasteiger partial charge in [0.15, 0.2) is 5.51 Å². The average Bonchev–Trinajstić information content (AvgIpc) is 2.71. The van der Waals surface area contributed by atoms with Crippen LogP contribution in [0.3, 0.4) is 0 Å². The Balaban J connectivity index is 2.17. The van der Waals surface area contributed by atoms with E-state index in [4.69, 9.17) is 0 Å². The van der Waals surface area contributed by atoms with Gasteiger partial charge in [0.05, 0.1) is 5.69 Å². The van der Waals surface area contributed by atoms with Crippen molar-refractivity contribution in [1.82, 2.24) is 4.98 Å². The predicted octanol–water partition coefficient (Wildman–Crippen LogP) is 3.21. The molecule has 0 atom stereocenters. The smallest absolute Gasteiger partial charge is 0.387 e. The van der Waals surface area contributed by atoms with E-state index in [1.165, 1.54) is 23.5 Å². The summed E-state index contributed by atoms with van der Waals surface area (Å²) in [6.07, 6.45) is 0. The summed E-state index contributed by atoms with van der Waals surface area (Å²) in [7, 11) is 0. The maximum Gasteiger partial charge on any atom is 0.387 e. The van der Waals surface area contributed by atoms with E-state index in [9.17, 15) is 8.78 Å². The molecule has 0 aliphatic carbocycles. The van der Waals surface area contributed by atoms with Gasteiger partial charge >= 0.3 is 6.61 Å². The average molecular weight is 226 g/mol. The topological polar surface area (TPSA) is 22.1 Å². The highest BCUT2D eigenvalue weighted by molar-refractivity contribution is 7.07. The highest BCUT2D eigenvalue weighted by Gasteiger charge is 2.04. The van der Waals surface area contributed by atoms with E-state index < -0.39 is 6.61 Å². The lowest BCUT2D eigenvalue weighted by Crippen LogP contribution is -2.01. The number of aromatic nitrogens is 1. The van der Waals surface area contributed by atoms with Crippen molar-refractivity contribution in [2.45, 2.75) is 6.61 Å². The molecule has 0 fully saturated rings. The van der Waals surface area contributed by atoms with Gasteiger partial charge in [-0.2, -0.15) is 8.78 Å². The van der Waals surface area contributed by atoms with Gasteiger partial charge < -0.3 is 4.74 Å². The molecule has 0 aliphatic rings. The van der Waals surface area contributed by atoms with Crippen LogP contribution in [0.25, 0.3) is 11.3 Å². The number of hydrogen-bond donors (Lipinski definition) is 0. The fourth-order valence-electron chi connectivity index (χ4n) is 1.12. The minimum Gasteiger partial charge on any atom is -0.435 e. The first-order valence-electron chi connectivity index (χ1n) is 4.12. The van der Waals surface area contributed by atoms with Crippen molar-refractivity contribution in [1.29, 1.82) is 0 Å². The van der Waals surface area contributed by atoms with Crippen LogP contribution in [0.2, 0.25) is 0 Å². The van der Waals surface area contributed by atoms with Crippen molar-refractivity contribution < 1.29 is 13.5 Å². The third kappa shape index (κ3) is 2.50. The van der Waals surface area contributed by atoms with Crippen molar-refractivity contribution in [3.63, 3.8) is 0 Å². The molecular formula is C10H6F2NOS. The van der Waals surface area contributed by atoms with E-state index in [2.05, 4.69) is 15.2 Å². The molecule has 0 saturated carbocycles. The Morgan fingerprint density at radius 3 is 2.53 bits per heavy atom. The summed E-state index contributed by atoms with van der Waals surface area (Å²) >= 11 is 1.36. The van der Waals surface area contributed by atoms with Crippen LogP contribution in [0.4, 0.5) is 8.78 Å². The first kappa shape index (κ1) is 10.0. The van der Waals surface area contributed by atoms with Crippen LogP contribution >= 0.6 is 11.3 Å². The molecule has 1 heterocycles. The van der Waals surface area contributed by atoms with Gasteiger partial charge in [0.2, 0.25) is 0 Å². The molecule has 0 amide bonds. The summed E-state index contributed by atoms with van der Waals surface area (Å²) in [5.74, 6) is 0.146. The Morgan fingerprint density at radius 2 is 2.00 bits per heavy atom. The maximum atomic E-state index is 11.9. The number of rotatable bonds is 3. The van der Waals surface area contributed by atoms with E-state index >= 15 is 0 Å². The number of ether oxygens (including phenoxy) is 1. The highest BCUT2D eigenvalue weighted by Crippen LogP contribution is 2.22. The highest BCUT2D eigenvalue weighted by atomic mass is 32.1. The third-order valence-corrected chi connectivity index (χ3v) is 2.30. The summed E-state index contributed by atoms with van der Waals surface area (Å²) in [5, 5.41) is 1.84. The van der Waals surface area contributed by atoms with Crippen molar-refractivity contribution in [2.75, 3.05) is 0 Å². The van der Waals surface area contributed by atoms with E-state index in [0.717, 1.165) is 11.3 Å². The molecule has 0 bridgehead atoms. The number of benzene rings is 1. The number of hydrogen-bond acceptors (Lipinski definition) is 3. The standard InChI is InChI=1S/C10H6F2NOS/c11-10(12)14-8-3-1-7(2-4-8)9-5-15-6-13-9/h1-5,10H. The van der Waals surface area contributed by atoms with Crippen LogP contribution in [-0.4, -0.2) is 11.6 Å². The van der Waals surface area contributed by atoms with Crippen LogP contribution in [0.5, 0.6) is 5.75 Å². The fraction of sp³-hybridized carbons (Fsp3) is 0.100. The molecule has 5 heteroatoms. The van der Waals surface area contributed by atoms with Crippen molar-refractivity contribution in [3.8, 4) is 17.0 Å². The Hall–Kier alpha value is -1.49. The number of halogens is 2. The second-order valence-electron chi connectivity index (χ2n) is 2.73. The van der Waals surface area contributed by atoms with Gasteiger partial charge in [-0.05, 0) is 24.3 Å². The van der Waals surface area contributed by atoms with Crippen LogP contribution in [-0.2, 0) is 0 Å². The van der Waals surface area contributed by atoms with Crippen LogP contribution in [0.1, 0.15) is 0 Å². The lowest BCUT2D eigenvalue weighted by molar-refractivity contribution is -0.0498. The van der Waals surface area contributed by atoms with Gasteiger partial charge in [-0.1, -0.05) is 0 Å². The van der Waals surface area contributed by atoms with Gasteiger partial charge in [-0.15, -0.1) is 11.3 Å². The summed E-state index contributed by atoms with van der Waals surface area (Å²) in [5.41, 5.74) is 4.35. The van der Waals surface area contributed by atoms with Crippen LogP contribution < -0.4 is 4.74 Å². The zero-order valence-electron chi connectivity index (χ0n) is 7.48. The molecule has 2 nitrogen and oxygen atoms in total. The molecule has 2 aromatic rings. The number of alkyl halides is 2. The zero-order chi connectivity index (χ0) is 10.7. The summed E-state index contributed by atoms with van der Waals surface area (Å²) < 4.78 is 27.9. The van der Waals surface area contributed by atoms with Crippen LogP contribution in [0, 0.1) is 5.51 Å². The van der Waals surface area contributed by atoms with Crippen molar-refractivity contribution >= 4 is 11.3 Å². The lowest BCUT2D eigenvalue weighted by atomic mass is 10.2. The predicted molar refractivity (Wildman–Crippen MR) is 53.0 cm³/mol. The second kappa shape index (κ2) is 4.35. The van der Waals surface area contributed by atoms with Gasteiger partial charge in [-0.25, -0.2) is 4.98 Å².